The number of ketones is 1. The highest BCUT2D eigenvalue weighted by Crippen LogP contribution is 2.28. The summed E-state index contributed by atoms with van der Waals surface area (Å²) in [7, 11) is 0. The van der Waals surface area contributed by atoms with Crippen LogP contribution in [0.25, 0.3) is 10.9 Å². The lowest BCUT2D eigenvalue weighted by Crippen LogP contribution is -2.22. The summed E-state index contributed by atoms with van der Waals surface area (Å²) in [4.78, 5) is 22.6. The second-order valence-electron chi connectivity index (χ2n) is 3.78. The number of carbonyl (C=O) groups is 2. The summed E-state index contributed by atoms with van der Waals surface area (Å²) in [5, 5.41) is 0.120. The number of benzene rings is 1. The van der Waals surface area contributed by atoms with Gasteiger partial charge in [0.2, 0.25) is 5.91 Å². The average Bonchev–Trinajstić information content (AvgIpc) is 2.66. The number of para-hydroxylation sites is 1. The zero-order valence-electron chi connectivity index (χ0n) is 9.28. The number of nitrogens with zero attached hydrogens (tertiary/aromatic N) is 1. The van der Waals surface area contributed by atoms with E-state index in [-0.39, 0.29) is 10.9 Å². The molecule has 0 atom stereocenters. The summed E-state index contributed by atoms with van der Waals surface area (Å²) in [6.07, 6.45) is -4.02. The van der Waals surface area contributed by atoms with Crippen LogP contribution in [0.15, 0.2) is 30.5 Å². The number of alkyl halides is 3. The summed E-state index contributed by atoms with van der Waals surface area (Å²) in [6, 6.07) is 5.97. The minimum absolute atomic E-state index is 0.120. The normalized spacial score (nSPS) is 11.8. The molecule has 0 amide bonds. The molecule has 0 radical (unpaired) electrons. The van der Waals surface area contributed by atoms with Crippen LogP contribution < -0.4 is 0 Å². The number of halogens is 3. The van der Waals surface area contributed by atoms with Crippen molar-refractivity contribution in [2.45, 2.75) is 13.1 Å². The van der Waals surface area contributed by atoms with Crippen LogP contribution in [-0.4, -0.2) is 22.4 Å². The number of Topliss-reactive ketones (excluding diaryl/α,β-unsaturated/α-hetero) is 1. The van der Waals surface area contributed by atoms with Crippen molar-refractivity contribution >= 4 is 22.6 Å². The van der Waals surface area contributed by atoms with Crippen molar-refractivity contribution in [3.05, 3.63) is 36.0 Å². The van der Waals surface area contributed by atoms with Crippen molar-refractivity contribution in [3.8, 4) is 0 Å². The Hall–Kier alpha value is -2.11. The van der Waals surface area contributed by atoms with Gasteiger partial charge < -0.3 is 0 Å². The molecule has 0 spiro atoms. The molecule has 0 aliphatic carbocycles. The van der Waals surface area contributed by atoms with Crippen molar-refractivity contribution in [1.29, 1.82) is 0 Å². The van der Waals surface area contributed by atoms with Crippen LogP contribution in [0.4, 0.5) is 13.2 Å². The van der Waals surface area contributed by atoms with Gasteiger partial charge >= 0.3 is 6.18 Å². The quantitative estimate of drug-likeness (QED) is 0.734. The minimum Gasteiger partial charge on any atom is -0.287 e. The molecule has 94 valence electrons. The molecule has 0 aliphatic heterocycles. The van der Waals surface area contributed by atoms with Gasteiger partial charge in [0.05, 0.1) is 11.1 Å². The van der Waals surface area contributed by atoms with Crippen molar-refractivity contribution in [1.82, 2.24) is 4.57 Å². The van der Waals surface area contributed by atoms with Gasteiger partial charge in [0.25, 0.3) is 5.78 Å². The fourth-order valence-electron chi connectivity index (χ4n) is 1.77. The zero-order chi connectivity index (χ0) is 13.5. The van der Waals surface area contributed by atoms with Gasteiger partial charge in [-0.1, -0.05) is 18.2 Å². The average molecular weight is 255 g/mol. The molecule has 2 aromatic rings. The van der Waals surface area contributed by atoms with E-state index in [4.69, 9.17) is 0 Å². The minimum atomic E-state index is -4.95. The van der Waals surface area contributed by atoms with E-state index in [1.165, 1.54) is 25.1 Å². The first-order valence-corrected chi connectivity index (χ1v) is 5.05. The third-order valence-electron chi connectivity index (χ3n) is 2.55. The van der Waals surface area contributed by atoms with Gasteiger partial charge in [-0.2, -0.15) is 13.2 Å². The second kappa shape index (κ2) is 3.97. The summed E-state index contributed by atoms with van der Waals surface area (Å²) in [5.41, 5.74) is -0.217. The molecule has 0 saturated carbocycles. The molecule has 0 bridgehead atoms. The first-order valence-electron chi connectivity index (χ1n) is 5.05. The SMILES string of the molecule is CC(=O)n1cc(C(=O)C(F)(F)F)c2ccccc21. The van der Waals surface area contributed by atoms with E-state index < -0.39 is 23.4 Å². The lowest BCUT2D eigenvalue weighted by atomic mass is 10.1. The largest absolute Gasteiger partial charge is 0.454 e. The first kappa shape index (κ1) is 12.3. The van der Waals surface area contributed by atoms with E-state index >= 15 is 0 Å². The smallest absolute Gasteiger partial charge is 0.287 e. The number of carbonyl (C=O) groups excluding carboxylic acids is 2. The Bertz CT molecular complexity index is 640. The Kier molecular flexibility index (Phi) is 2.73. The van der Waals surface area contributed by atoms with Gasteiger partial charge in [-0.05, 0) is 6.07 Å². The molecular formula is C12H8F3NO2. The predicted molar refractivity (Wildman–Crippen MR) is 58.6 cm³/mol. The van der Waals surface area contributed by atoms with Gasteiger partial charge in [0.1, 0.15) is 0 Å². The lowest BCUT2D eigenvalue weighted by molar-refractivity contribution is -0.0884. The molecule has 0 aliphatic rings. The van der Waals surface area contributed by atoms with Gasteiger partial charge in [0.15, 0.2) is 0 Å². The van der Waals surface area contributed by atoms with Crippen LogP contribution in [0.2, 0.25) is 0 Å². The molecule has 3 nitrogen and oxygen atoms in total. The Morgan fingerprint density at radius 1 is 1.17 bits per heavy atom. The van der Waals surface area contributed by atoms with Gasteiger partial charge in [-0.25, -0.2) is 0 Å². The maximum absolute atomic E-state index is 12.4. The summed E-state index contributed by atoms with van der Waals surface area (Å²) in [6.45, 7) is 1.22. The molecule has 1 aromatic carbocycles. The van der Waals surface area contributed by atoms with E-state index in [1.807, 2.05) is 0 Å². The molecule has 18 heavy (non-hydrogen) atoms. The molecule has 1 aromatic heterocycles. The van der Waals surface area contributed by atoms with E-state index in [9.17, 15) is 22.8 Å². The maximum Gasteiger partial charge on any atom is 0.454 e. The second-order valence-corrected chi connectivity index (χ2v) is 3.78. The third-order valence-corrected chi connectivity index (χ3v) is 2.55. The lowest BCUT2D eigenvalue weighted by Gasteiger charge is -2.02. The van der Waals surface area contributed by atoms with Crippen LogP contribution >= 0.6 is 0 Å². The molecule has 1 heterocycles. The number of fused-ring (bicyclic) bond motifs is 1. The van der Waals surface area contributed by atoms with E-state index in [0.29, 0.717) is 0 Å². The van der Waals surface area contributed by atoms with Crippen molar-refractivity contribution in [2.75, 3.05) is 0 Å². The zero-order valence-corrected chi connectivity index (χ0v) is 9.28. The van der Waals surface area contributed by atoms with Crippen LogP contribution in [0.3, 0.4) is 0 Å². The molecular weight excluding hydrogens is 247 g/mol. The monoisotopic (exact) mass is 255 g/mol. The predicted octanol–water partition coefficient (Wildman–Crippen LogP) is 3.05. The van der Waals surface area contributed by atoms with Crippen molar-refractivity contribution in [3.63, 3.8) is 0 Å². The number of hydrogen-bond acceptors (Lipinski definition) is 2. The summed E-state index contributed by atoms with van der Waals surface area (Å²) < 4.78 is 38.3. The maximum atomic E-state index is 12.4. The summed E-state index contributed by atoms with van der Waals surface area (Å²) in [5.74, 6) is -2.40. The Labute approximate surface area is 99.8 Å². The Morgan fingerprint density at radius 3 is 2.33 bits per heavy atom. The molecule has 2 rings (SSSR count). The molecule has 0 N–H and O–H groups in total. The molecule has 6 heteroatoms. The summed E-state index contributed by atoms with van der Waals surface area (Å²) >= 11 is 0. The van der Waals surface area contributed by atoms with Crippen LogP contribution in [-0.2, 0) is 0 Å². The van der Waals surface area contributed by atoms with Crippen molar-refractivity contribution in [2.24, 2.45) is 0 Å². The van der Waals surface area contributed by atoms with Crippen molar-refractivity contribution < 1.29 is 22.8 Å². The van der Waals surface area contributed by atoms with E-state index in [1.54, 1.807) is 6.07 Å². The van der Waals surface area contributed by atoms with E-state index in [0.717, 1.165) is 10.8 Å². The topological polar surface area (TPSA) is 39.1 Å². The highest BCUT2D eigenvalue weighted by Gasteiger charge is 2.40. The molecule has 0 unspecified atom stereocenters. The van der Waals surface area contributed by atoms with Gasteiger partial charge in [-0.15, -0.1) is 0 Å². The van der Waals surface area contributed by atoms with Crippen LogP contribution in [0.1, 0.15) is 22.1 Å². The molecule has 0 fully saturated rings. The first-order chi connectivity index (χ1) is 8.32. The number of rotatable bonds is 1. The number of aromatic nitrogens is 1. The van der Waals surface area contributed by atoms with Crippen LogP contribution in [0, 0.1) is 0 Å². The van der Waals surface area contributed by atoms with Crippen LogP contribution in [0.5, 0.6) is 0 Å². The molecule has 0 saturated heterocycles. The van der Waals surface area contributed by atoms with E-state index in [2.05, 4.69) is 0 Å². The van der Waals surface area contributed by atoms with Gasteiger partial charge in [0, 0.05) is 18.5 Å². The highest BCUT2D eigenvalue weighted by atomic mass is 19.4. The Balaban J connectivity index is 2.73. The Morgan fingerprint density at radius 2 is 1.78 bits per heavy atom. The highest BCUT2D eigenvalue weighted by molar-refractivity contribution is 6.12. The van der Waals surface area contributed by atoms with Gasteiger partial charge in [-0.3, -0.25) is 14.2 Å². The fourth-order valence-corrected chi connectivity index (χ4v) is 1.77. The standard InChI is InChI=1S/C12H8F3NO2/c1-7(17)16-6-9(11(18)12(13,14)15)8-4-2-3-5-10(8)16/h2-6H,1H3. The number of hydrogen-bond donors (Lipinski definition) is 0. The fraction of sp³-hybridized carbons (Fsp3) is 0.167. The third kappa shape index (κ3) is 1.90.